The number of aromatic nitrogens is 3. The average molecular weight is 405 g/mol. The molecule has 2 heterocycles. The second-order valence-corrected chi connectivity index (χ2v) is 6.91. The minimum Gasteiger partial charge on any atom is -0.357 e. The number of hydrogen-bond acceptors (Lipinski definition) is 3. The predicted octanol–water partition coefficient (Wildman–Crippen LogP) is 3.89. The molecule has 1 unspecified atom stereocenters. The van der Waals surface area contributed by atoms with Crippen molar-refractivity contribution in [1.29, 1.82) is 0 Å². The van der Waals surface area contributed by atoms with Crippen molar-refractivity contribution < 1.29 is 0 Å². The van der Waals surface area contributed by atoms with E-state index in [4.69, 9.17) is 23.2 Å². The molecule has 0 spiro atoms. The van der Waals surface area contributed by atoms with Crippen LogP contribution in [0.1, 0.15) is 31.3 Å². The van der Waals surface area contributed by atoms with Gasteiger partial charge < -0.3 is 10.6 Å². The van der Waals surface area contributed by atoms with E-state index >= 15 is 0 Å². The fraction of sp³-hybridized carbons (Fsp3) is 0.316. The van der Waals surface area contributed by atoms with E-state index in [-0.39, 0.29) is 6.04 Å². The van der Waals surface area contributed by atoms with E-state index in [1.807, 2.05) is 47.9 Å². The Bertz CT molecular complexity index is 937. The van der Waals surface area contributed by atoms with Gasteiger partial charge in [-0.1, -0.05) is 35.3 Å². The molecule has 3 aromatic rings. The summed E-state index contributed by atoms with van der Waals surface area (Å²) in [5.74, 6) is 1.63. The SMILES string of the molecule is CCNC(=NCCc1nnc2ccccn12)NC(C)c1ccc(Cl)c(Cl)c1. The highest BCUT2D eigenvalue weighted by molar-refractivity contribution is 6.42. The number of guanidine groups is 1. The lowest BCUT2D eigenvalue weighted by Gasteiger charge is -2.18. The lowest BCUT2D eigenvalue weighted by molar-refractivity contribution is 0.685. The van der Waals surface area contributed by atoms with Gasteiger partial charge >= 0.3 is 0 Å². The maximum absolute atomic E-state index is 6.12. The Kier molecular flexibility index (Phi) is 6.53. The zero-order chi connectivity index (χ0) is 19.2. The van der Waals surface area contributed by atoms with Gasteiger partial charge in [-0.3, -0.25) is 9.39 Å². The number of rotatable bonds is 6. The van der Waals surface area contributed by atoms with Gasteiger partial charge in [-0.25, -0.2) is 0 Å². The Morgan fingerprint density at radius 2 is 2.04 bits per heavy atom. The Hall–Kier alpha value is -2.31. The average Bonchev–Trinajstić information content (AvgIpc) is 3.07. The summed E-state index contributed by atoms with van der Waals surface area (Å²) < 4.78 is 1.98. The highest BCUT2D eigenvalue weighted by atomic mass is 35.5. The summed E-state index contributed by atoms with van der Waals surface area (Å²) in [5, 5.41) is 16.2. The lowest BCUT2D eigenvalue weighted by Crippen LogP contribution is -2.38. The Balaban J connectivity index is 1.66. The van der Waals surface area contributed by atoms with E-state index < -0.39 is 0 Å². The van der Waals surface area contributed by atoms with Gasteiger partial charge in [0.15, 0.2) is 11.6 Å². The molecule has 1 aromatic carbocycles. The van der Waals surface area contributed by atoms with Crippen LogP contribution in [-0.4, -0.2) is 33.6 Å². The number of nitrogens with zero attached hydrogens (tertiary/aromatic N) is 4. The largest absolute Gasteiger partial charge is 0.357 e. The van der Waals surface area contributed by atoms with E-state index in [9.17, 15) is 0 Å². The monoisotopic (exact) mass is 404 g/mol. The summed E-state index contributed by atoms with van der Waals surface area (Å²) in [6, 6.07) is 11.5. The van der Waals surface area contributed by atoms with E-state index in [1.54, 1.807) is 6.07 Å². The van der Waals surface area contributed by atoms with E-state index in [2.05, 4.69) is 32.7 Å². The molecule has 0 saturated carbocycles. The van der Waals surface area contributed by atoms with Crippen molar-refractivity contribution in [3.8, 4) is 0 Å². The van der Waals surface area contributed by atoms with Gasteiger partial charge in [0.2, 0.25) is 0 Å². The summed E-state index contributed by atoms with van der Waals surface area (Å²) in [7, 11) is 0. The van der Waals surface area contributed by atoms with Crippen molar-refractivity contribution in [1.82, 2.24) is 25.2 Å². The Morgan fingerprint density at radius 1 is 1.19 bits per heavy atom. The van der Waals surface area contributed by atoms with E-state index in [0.717, 1.165) is 29.5 Å². The van der Waals surface area contributed by atoms with Gasteiger partial charge in [-0.2, -0.15) is 0 Å². The molecule has 2 N–H and O–H groups in total. The summed E-state index contributed by atoms with van der Waals surface area (Å²) in [5.41, 5.74) is 1.88. The molecule has 0 aliphatic carbocycles. The first-order valence-electron chi connectivity index (χ1n) is 8.87. The second kappa shape index (κ2) is 9.06. The van der Waals surface area contributed by atoms with Crippen LogP contribution in [0.15, 0.2) is 47.6 Å². The molecule has 27 heavy (non-hydrogen) atoms. The standard InChI is InChI=1S/C19H22Cl2N6/c1-3-22-19(24-13(2)14-7-8-15(20)16(21)12-14)23-10-9-18-26-25-17-6-4-5-11-27(17)18/h4-8,11-13H,3,9-10H2,1-2H3,(H2,22,23,24). The Labute approximate surface area is 168 Å². The van der Waals surface area contributed by atoms with Crippen LogP contribution in [0.25, 0.3) is 5.65 Å². The molecule has 2 aromatic heterocycles. The maximum atomic E-state index is 6.12. The van der Waals surface area contributed by atoms with Crippen molar-refractivity contribution in [3.63, 3.8) is 0 Å². The van der Waals surface area contributed by atoms with Gasteiger partial charge in [0.25, 0.3) is 0 Å². The molecule has 0 aliphatic rings. The molecule has 0 amide bonds. The zero-order valence-electron chi connectivity index (χ0n) is 15.3. The minimum atomic E-state index is 0.0338. The van der Waals surface area contributed by atoms with Crippen LogP contribution in [0.3, 0.4) is 0 Å². The second-order valence-electron chi connectivity index (χ2n) is 6.10. The van der Waals surface area contributed by atoms with E-state index in [0.29, 0.717) is 23.0 Å². The quantitative estimate of drug-likeness (QED) is 0.482. The van der Waals surface area contributed by atoms with Gasteiger partial charge in [0.1, 0.15) is 5.82 Å². The van der Waals surface area contributed by atoms with Crippen LogP contribution in [0.5, 0.6) is 0 Å². The van der Waals surface area contributed by atoms with Gasteiger partial charge in [0.05, 0.1) is 16.1 Å². The third kappa shape index (κ3) is 4.90. The van der Waals surface area contributed by atoms with Crippen LogP contribution >= 0.6 is 23.2 Å². The van der Waals surface area contributed by atoms with Crippen molar-refractivity contribution in [3.05, 3.63) is 64.0 Å². The van der Waals surface area contributed by atoms with Crippen molar-refractivity contribution in [2.45, 2.75) is 26.3 Å². The summed E-state index contributed by atoms with van der Waals surface area (Å²) in [4.78, 5) is 4.65. The normalized spacial score (nSPS) is 13.0. The summed E-state index contributed by atoms with van der Waals surface area (Å²) in [6.07, 6.45) is 2.66. The first-order valence-corrected chi connectivity index (χ1v) is 9.62. The molecule has 6 nitrogen and oxygen atoms in total. The molecule has 0 aliphatic heterocycles. The van der Waals surface area contributed by atoms with E-state index in [1.165, 1.54) is 0 Å². The van der Waals surface area contributed by atoms with Crippen LogP contribution in [0, 0.1) is 0 Å². The van der Waals surface area contributed by atoms with Crippen molar-refractivity contribution >= 4 is 34.8 Å². The number of fused-ring (bicyclic) bond motifs is 1. The first kappa shape index (κ1) is 19.5. The number of halogens is 2. The molecule has 0 bridgehead atoms. The summed E-state index contributed by atoms with van der Waals surface area (Å²) >= 11 is 12.1. The van der Waals surface area contributed by atoms with Crippen LogP contribution in [0.4, 0.5) is 0 Å². The molecule has 8 heteroatoms. The Morgan fingerprint density at radius 3 is 2.81 bits per heavy atom. The number of nitrogens with one attached hydrogen (secondary N) is 2. The van der Waals surface area contributed by atoms with Gasteiger partial charge in [-0.15, -0.1) is 10.2 Å². The number of pyridine rings is 1. The van der Waals surface area contributed by atoms with Crippen molar-refractivity contribution in [2.75, 3.05) is 13.1 Å². The predicted molar refractivity (Wildman–Crippen MR) is 111 cm³/mol. The molecule has 0 fully saturated rings. The molecule has 3 rings (SSSR count). The fourth-order valence-electron chi connectivity index (χ4n) is 2.72. The molecule has 0 saturated heterocycles. The number of benzene rings is 1. The third-order valence-electron chi connectivity index (χ3n) is 4.13. The smallest absolute Gasteiger partial charge is 0.191 e. The zero-order valence-corrected chi connectivity index (χ0v) is 16.8. The first-order chi connectivity index (χ1) is 13.1. The molecule has 0 radical (unpaired) electrons. The van der Waals surface area contributed by atoms with Crippen LogP contribution in [-0.2, 0) is 6.42 Å². The minimum absolute atomic E-state index is 0.0338. The van der Waals surface area contributed by atoms with Crippen LogP contribution in [0.2, 0.25) is 10.0 Å². The number of aliphatic imine (C=N–C) groups is 1. The highest BCUT2D eigenvalue weighted by Crippen LogP contribution is 2.25. The van der Waals surface area contributed by atoms with Gasteiger partial charge in [0, 0.05) is 25.7 Å². The topological polar surface area (TPSA) is 66.6 Å². The summed E-state index contributed by atoms with van der Waals surface area (Å²) in [6.45, 7) is 5.46. The molecule has 1 atom stereocenters. The maximum Gasteiger partial charge on any atom is 0.191 e. The van der Waals surface area contributed by atoms with Crippen molar-refractivity contribution in [2.24, 2.45) is 4.99 Å². The fourth-order valence-corrected chi connectivity index (χ4v) is 3.03. The molecular weight excluding hydrogens is 383 g/mol. The molecular formula is C19H22Cl2N6. The number of hydrogen-bond donors (Lipinski definition) is 2. The third-order valence-corrected chi connectivity index (χ3v) is 4.87. The highest BCUT2D eigenvalue weighted by Gasteiger charge is 2.10. The van der Waals surface area contributed by atoms with Gasteiger partial charge in [-0.05, 0) is 43.7 Å². The molecule has 142 valence electrons. The lowest BCUT2D eigenvalue weighted by atomic mass is 10.1. The van der Waals surface area contributed by atoms with Crippen LogP contribution < -0.4 is 10.6 Å².